The molecule has 1 aliphatic rings. The molecule has 2 aromatic carbocycles. The number of pyridine rings is 1. The molecular formula is C25H23ClN2O5. The number of H-pyrrole nitrogens is 1. The van der Waals surface area contributed by atoms with Gasteiger partial charge in [0.1, 0.15) is 5.56 Å². The number of carbonyl (C=O) groups is 2. The number of aromatic nitrogens is 1. The van der Waals surface area contributed by atoms with Crippen molar-refractivity contribution in [1.29, 1.82) is 0 Å². The molecule has 0 saturated heterocycles. The largest absolute Gasteiger partial charge is 0.493 e. The van der Waals surface area contributed by atoms with Crippen LogP contribution in [-0.4, -0.2) is 30.9 Å². The van der Waals surface area contributed by atoms with Gasteiger partial charge in [0.2, 0.25) is 0 Å². The Morgan fingerprint density at radius 3 is 2.48 bits per heavy atom. The molecule has 3 aromatic rings. The van der Waals surface area contributed by atoms with E-state index in [1.54, 1.807) is 38.5 Å². The van der Waals surface area contributed by atoms with Crippen LogP contribution in [0, 0.1) is 6.92 Å². The molecule has 1 aromatic heterocycles. The van der Waals surface area contributed by atoms with Crippen molar-refractivity contribution in [2.45, 2.75) is 25.7 Å². The zero-order chi connectivity index (χ0) is 23.7. The number of anilines is 1. The second-order valence-corrected chi connectivity index (χ2v) is 8.37. The molecule has 33 heavy (non-hydrogen) atoms. The lowest BCUT2D eigenvalue weighted by molar-refractivity contribution is 0.0963. The van der Waals surface area contributed by atoms with Crippen molar-refractivity contribution in [3.8, 4) is 11.5 Å². The van der Waals surface area contributed by atoms with Crippen molar-refractivity contribution in [3.05, 3.63) is 85.8 Å². The van der Waals surface area contributed by atoms with E-state index in [-0.39, 0.29) is 23.7 Å². The van der Waals surface area contributed by atoms with E-state index in [0.29, 0.717) is 39.9 Å². The highest BCUT2D eigenvalue weighted by Crippen LogP contribution is 2.36. The molecule has 0 radical (unpaired) electrons. The van der Waals surface area contributed by atoms with E-state index in [0.717, 1.165) is 11.1 Å². The first-order chi connectivity index (χ1) is 15.8. The van der Waals surface area contributed by atoms with Gasteiger partial charge < -0.3 is 19.8 Å². The van der Waals surface area contributed by atoms with E-state index in [1.807, 2.05) is 19.1 Å². The molecular weight excluding hydrogens is 444 g/mol. The summed E-state index contributed by atoms with van der Waals surface area (Å²) in [5.74, 6) is 0.302. The molecule has 170 valence electrons. The van der Waals surface area contributed by atoms with Crippen LogP contribution < -0.4 is 20.3 Å². The fourth-order valence-electron chi connectivity index (χ4n) is 4.01. The molecule has 0 saturated carbocycles. The third kappa shape index (κ3) is 4.50. The predicted molar refractivity (Wildman–Crippen MR) is 126 cm³/mol. The lowest BCUT2D eigenvalue weighted by atomic mass is 9.81. The topological polar surface area (TPSA) is 97.5 Å². The number of amides is 1. The Kier molecular flexibility index (Phi) is 6.24. The molecule has 0 aliphatic heterocycles. The number of Topliss-reactive ketones (excluding diaryl/α,β-unsaturated/α-hetero) is 1. The molecule has 0 unspecified atom stereocenters. The van der Waals surface area contributed by atoms with E-state index in [1.165, 1.54) is 6.07 Å². The number of nitrogens with one attached hydrogen (secondary N) is 2. The summed E-state index contributed by atoms with van der Waals surface area (Å²) in [6.45, 7) is 1.85. The molecule has 8 heteroatoms. The highest BCUT2D eigenvalue weighted by Gasteiger charge is 2.29. The van der Waals surface area contributed by atoms with Crippen LogP contribution in [0.2, 0.25) is 5.02 Å². The summed E-state index contributed by atoms with van der Waals surface area (Å²) in [5, 5.41) is 3.17. The van der Waals surface area contributed by atoms with E-state index in [2.05, 4.69) is 10.3 Å². The number of ketones is 1. The quantitative estimate of drug-likeness (QED) is 0.576. The molecule has 0 bridgehead atoms. The number of fused-ring (bicyclic) bond motifs is 1. The van der Waals surface area contributed by atoms with Gasteiger partial charge in [-0.2, -0.15) is 0 Å². The van der Waals surface area contributed by atoms with Gasteiger partial charge in [0.25, 0.3) is 11.5 Å². The molecule has 0 fully saturated rings. The number of benzene rings is 2. The molecule has 1 atom stereocenters. The van der Waals surface area contributed by atoms with Gasteiger partial charge in [0, 0.05) is 28.4 Å². The summed E-state index contributed by atoms with van der Waals surface area (Å²) in [4.78, 5) is 41.1. The zero-order valence-electron chi connectivity index (χ0n) is 18.5. The first-order valence-electron chi connectivity index (χ1n) is 10.4. The third-order valence-electron chi connectivity index (χ3n) is 5.86. The number of hydrogen-bond acceptors (Lipinski definition) is 5. The Hall–Kier alpha value is -3.58. The number of ether oxygens (including phenoxy) is 2. The first-order valence-corrected chi connectivity index (χ1v) is 10.8. The fraction of sp³-hybridized carbons (Fsp3) is 0.240. The SMILES string of the molecule is COc1ccc([C@H]2CC(=O)c3cc(C(=O)Nc4ccc(C)c(Cl)c4)c(=O)[nH]c3C2)cc1OC. The van der Waals surface area contributed by atoms with Crippen LogP contribution in [0.1, 0.15) is 49.9 Å². The van der Waals surface area contributed by atoms with Crippen molar-refractivity contribution >= 4 is 29.0 Å². The maximum absolute atomic E-state index is 12.9. The third-order valence-corrected chi connectivity index (χ3v) is 6.27. The van der Waals surface area contributed by atoms with Crippen LogP contribution in [0.3, 0.4) is 0 Å². The van der Waals surface area contributed by atoms with E-state index in [4.69, 9.17) is 21.1 Å². The molecule has 0 spiro atoms. The van der Waals surface area contributed by atoms with E-state index in [9.17, 15) is 14.4 Å². The van der Waals surface area contributed by atoms with Crippen LogP contribution in [0.4, 0.5) is 5.69 Å². The number of carbonyl (C=O) groups excluding carboxylic acids is 2. The minimum absolute atomic E-state index is 0.122. The lowest BCUT2D eigenvalue weighted by Gasteiger charge is -2.24. The number of rotatable bonds is 5. The average molecular weight is 467 g/mol. The summed E-state index contributed by atoms with van der Waals surface area (Å²) < 4.78 is 10.6. The van der Waals surface area contributed by atoms with Crippen LogP contribution in [0.25, 0.3) is 0 Å². The Morgan fingerprint density at radius 1 is 1.03 bits per heavy atom. The minimum Gasteiger partial charge on any atom is -0.493 e. The molecule has 1 aliphatic carbocycles. The van der Waals surface area contributed by atoms with Crippen LogP contribution in [-0.2, 0) is 6.42 Å². The van der Waals surface area contributed by atoms with Crippen molar-refractivity contribution in [1.82, 2.24) is 4.98 Å². The van der Waals surface area contributed by atoms with Crippen molar-refractivity contribution in [3.63, 3.8) is 0 Å². The lowest BCUT2D eigenvalue weighted by Crippen LogP contribution is -2.29. The number of methoxy groups -OCH3 is 2. The maximum Gasteiger partial charge on any atom is 0.261 e. The molecule has 7 nitrogen and oxygen atoms in total. The van der Waals surface area contributed by atoms with Gasteiger partial charge in [-0.1, -0.05) is 23.7 Å². The summed E-state index contributed by atoms with van der Waals surface area (Å²) >= 11 is 6.11. The van der Waals surface area contributed by atoms with Crippen LogP contribution in [0.15, 0.2) is 47.3 Å². The Morgan fingerprint density at radius 2 is 1.79 bits per heavy atom. The first kappa shape index (κ1) is 22.6. The highest BCUT2D eigenvalue weighted by atomic mass is 35.5. The number of aromatic amines is 1. The van der Waals surface area contributed by atoms with Crippen molar-refractivity contribution in [2.24, 2.45) is 0 Å². The van der Waals surface area contributed by atoms with Gasteiger partial charge in [0.15, 0.2) is 17.3 Å². The van der Waals surface area contributed by atoms with Gasteiger partial charge in [-0.3, -0.25) is 14.4 Å². The van der Waals surface area contributed by atoms with E-state index < -0.39 is 11.5 Å². The standard InChI is InChI=1S/C25H23ClN2O5/c1-13-4-6-16(11-19(13)26)27-24(30)18-12-17-20(28-25(18)31)8-15(9-21(17)29)14-5-7-22(32-2)23(10-14)33-3/h4-7,10-12,15H,8-9H2,1-3H3,(H,27,30)(H,28,31)/t15-/m1/s1. The molecule has 2 N–H and O–H groups in total. The second-order valence-electron chi connectivity index (χ2n) is 7.97. The fourth-order valence-corrected chi connectivity index (χ4v) is 4.19. The van der Waals surface area contributed by atoms with Crippen LogP contribution >= 0.6 is 11.6 Å². The number of aryl methyl sites for hydroxylation is 1. The maximum atomic E-state index is 12.9. The van der Waals surface area contributed by atoms with Gasteiger partial charge >= 0.3 is 0 Å². The molecule has 1 heterocycles. The van der Waals surface area contributed by atoms with Gasteiger partial charge in [-0.15, -0.1) is 0 Å². The molecule has 1 amide bonds. The van der Waals surface area contributed by atoms with Gasteiger partial charge in [-0.05, 0) is 60.7 Å². The predicted octanol–water partition coefficient (Wildman–Crippen LogP) is 4.52. The minimum atomic E-state index is -0.603. The normalized spacial score (nSPS) is 15.0. The number of halogens is 1. The zero-order valence-corrected chi connectivity index (χ0v) is 19.2. The average Bonchev–Trinajstić information content (AvgIpc) is 2.80. The monoisotopic (exact) mass is 466 g/mol. The van der Waals surface area contributed by atoms with Crippen LogP contribution in [0.5, 0.6) is 11.5 Å². The molecule has 4 rings (SSSR count). The smallest absolute Gasteiger partial charge is 0.261 e. The summed E-state index contributed by atoms with van der Waals surface area (Å²) in [6, 6.07) is 12.0. The Labute approximate surface area is 195 Å². The van der Waals surface area contributed by atoms with Gasteiger partial charge in [-0.25, -0.2) is 0 Å². The Balaban J connectivity index is 1.61. The van der Waals surface area contributed by atoms with Crippen molar-refractivity contribution < 1.29 is 19.1 Å². The summed E-state index contributed by atoms with van der Waals surface area (Å²) in [5.41, 5.74) is 2.45. The Bertz CT molecular complexity index is 1310. The summed E-state index contributed by atoms with van der Waals surface area (Å²) in [6.07, 6.45) is 0.713. The van der Waals surface area contributed by atoms with Crippen molar-refractivity contribution in [2.75, 3.05) is 19.5 Å². The second kappa shape index (κ2) is 9.11. The number of hydrogen-bond donors (Lipinski definition) is 2. The van der Waals surface area contributed by atoms with Gasteiger partial charge in [0.05, 0.1) is 14.2 Å². The van der Waals surface area contributed by atoms with E-state index >= 15 is 0 Å². The highest BCUT2D eigenvalue weighted by molar-refractivity contribution is 6.31. The summed E-state index contributed by atoms with van der Waals surface area (Å²) in [7, 11) is 3.11.